The minimum Gasteiger partial charge on any atom is -0.393 e. The number of carbonyl (C=O) groups is 2. The van der Waals surface area contributed by atoms with Gasteiger partial charge in [-0.25, -0.2) is 0 Å². The van der Waals surface area contributed by atoms with Crippen molar-refractivity contribution in [1.82, 2.24) is 0 Å². The third kappa shape index (κ3) is 4.25. The van der Waals surface area contributed by atoms with Gasteiger partial charge in [0.1, 0.15) is 0 Å². The van der Waals surface area contributed by atoms with Gasteiger partial charge < -0.3 is 9.47 Å². The largest absolute Gasteiger partial charge is 0.393 e. The predicted molar refractivity (Wildman–Crippen MR) is 54.1 cm³/mol. The molecule has 15 heavy (non-hydrogen) atoms. The highest BCUT2D eigenvalue weighted by Gasteiger charge is 2.32. The van der Waals surface area contributed by atoms with E-state index in [2.05, 4.69) is 11.3 Å². The van der Waals surface area contributed by atoms with E-state index in [1.165, 1.54) is 0 Å². The summed E-state index contributed by atoms with van der Waals surface area (Å²) in [5, 5.41) is 0. The first-order valence-corrected chi connectivity index (χ1v) is 5.06. The first-order chi connectivity index (χ1) is 7.09. The molecular formula is C11H16O4. The second kappa shape index (κ2) is 5.66. The second-order valence-electron chi connectivity index (χ2n) is 3.85. The molecule has 1 aliphatic rings. The Bertz CT molecular complexity index is 270. The van der Waals surface area contributed by atoms with Gasteiger partial charge in [-0.15, -0.1) is 0 Å². The zero-order chi connectivity index (χ0) is 11.3. The van der Waals surface area contributed by atoms with Gasteiger partial charge >= 0.3 is 11.9 Å². The average molecular weight is 212 g/mol. The van der Waals surface area contributed by atoms with Gasteiger partial charge in [0.25, 0.3) is 0 Å². The van der Waals surface area contributed by atoms with Gasteiger partial charge in [0.05, 0.1) is 18.9 Å². The van der Waals surface area contributed by atoms with Crippen molar-refractivity contribution in [3.63, 3.8) is 0 Å². The van der Waals surface area contributed by atoms with Crippen LogP contribution >= 0.6 is 0 Å². The van der Waals surface area contributed by atoms with Gasteiger partial charge in [-0.3, -0.25) is 9.59 Å². The number of hydrogen-bond acceptors (Lipinski definition) is 4. The van der Waals surface area contributed by atoms with E-state index in [9.17, 15) is 9.59 Å². The minimum atomic E-state index is -0.409. The van der Waals surface area contributed by atoms with E-state index < -0.39 is 5.97 Å². The van der Waals surface area contributed by atoms with Crippen LogP contribution < -0.4 is 0 Å². The zero-order valence-corrected chi connectivity index (χ0v) is 8.95. The van der Waals surface area contributed by atoms with E-state index in [4.69, 9.17) is 4.74 Å². The summed E-state index contributed by atoms with van der Waals surface area (Å²) in [6.45, 7) is 6.74. The van der Waals surface area contributed by atoms with Crippen molar-refractivity contribution in [2.45, 2.75) is 26.2 Å². The van der Waals surface area contributed by atoms with Crippen LogP contribution in [0, 0.1) is 5.92 Å². The molecule has 1 atom stereocenters. The van der Waals surface area contributed by atoms with Crippen molar-refractivity contribution in [3.05, 3.63) is 12.2 Å². The third-order valence-electron chi connectivity index (χ3n) is 2.15. The predicted octanol–water partition coefficient (Wildman–Crippen LogP) is 1.45. The Balaban J connectivity index is 2.08. The molecule has 1 aliphatic heterocycles. The smallest absolute Gasteiger partial charge is 0.317 e. The van der Waals surface area contributed by atoms with Crippen LogP contribution in [0.1, 0.15) is 26.2 Å². The van der Waals surface area contributed by atoms with Gasteiger partial charge in [0, 0.05) is 6.61 Å². The van der Waals surface area contributed by atoms with Gasteiger partial charge in [0.2, 0.25) is 0 Å². The van der Waals surface area contributed by atoms with Gasteiger partial charge in [-0.2, -0.15) is 0 Å². The van der Waals surface area contributed by atoms with Crippen molar-refractivity contribution in [2.75, 3.05) is 13.2 Å². The van der Waals surface area contributed by atoms with E-state index in [0.717, 1.165) is 12.0 Å². The van der Waals surface area contributed by atoms with E-state index in [-0.39, 0.29) is 18.3 Å². The molecule has 1 fully saturated rings. The standard InChI is InChI=1S/C11H16O4/c1-8(2)7-14-5-3-4-9-6-10(12)15-11(9)13/h9H,1,3-7H2,2H3. The molecular weight excluding hydrogens is 196 g/mol. The number of carbonyl (C=O) groups excluding carboxylic acids is 2. The maximum Gasteiger partial charge on any atom is 0.317 e. The fourth-order valence-electron chi connectivity index (χ4n) is 1.42. The van der Waals surface area contributed by atoms with Crippen molar-refractivity contribution >= 4 is 11.9 Å². The maximum absolute atomic E-state index is 11.1. The molecule has 1 unspecified atom stereocenters. The Kier molecular flexibility index (Phi) is 4.49. The molecule has 0 aromatic rings. The van der Waals surface area contributed by atoms with Crippen molar-refractivity contribution < 1.29 is 19.1 Å². The number of esters is 2. The SMILES string of the molecule is C=C(C)COCCCC1CC(=O)OC1=O. The van der Waals surface area contributed by atoms with Crippen LogP contribution in [-0.4, -0.2) is 25.2 Å². The topological polar surface area (TPSA) is 52.6 Å². The van der Waals surface area contributed by atoms with E-state index >= 15 is 0 Å². The minimum absolute atomic E-state index is 0.222. The second-order valence-corrected chi connectivity index (χ2v) is 3.85. The quantitative estimate of drug-likeness (QED) is 0.289. The number of hydrogen-bond donors (Lipinski definition) is 0. The number of cyclic esters (lactones) is 2. The lowest BCUT2D eigenvalue weighted by atomic mass is 10.0. The Labute approximate surface area is 89.2 Å². The summed E-state index contributed by atoms with van der Waals surface area (Å²) in [6, 6.07) is 0. The molecule has 0 N–H and O–H groups in total. The van der Waals surface area contributed by atoms with E-state index in [0.29, 0.717) is 19.6 Å². The molecule has 0 amide bonds. The highest BCUT2D eigenvalue weighted by Crippen LogP contribution is 2.20. The summed E-state index contributed by atoms with van der Waals surface area (Å²) in [5.74, 6) is -1.06. The monoisotopic (exact) mass is 212 g/mol. The molecule has 0 aromatic carbocycles. The Morgan fingerprint density at radius 2 is 2.33 bits per heavy atom. The number of rotatable bonds is 6. The highest BCUT2D eigenvalue weighted by atomic mass is 16.6. The molecule has 1 saturated heterocycles. The van der Waals surface area contributed by atoms with Gasteiger partial charge in [-0.1, -0.05) is 12.2 Å². The fourth-order valence-corrected chi connectivity index (χ4v) is 1.42. The van der Waals surface area contributed by atoms with Crippen LogP contribution in [0.25, 0.3) is 0 Å². The molecule has 0 spiro atoms. The summed E-state index contributed by atoms with van der Waals surface area (Å²) in [7, 11) is 0. The van der Waals surface area contributed by atoms with E-state index in [1.807, 2.05) is 6.92 Å². The maximum atomic E-state index is 11.1. The lowest BCUT2D eigenvalue weighted by Gasteiger charge is -2.05. The van der Waals surface area contributed by atoms with Crippen LogP contribution in [-0.2, 0) is 19.1 Å². The fraction of sp³-hybridized carbons (Fsp3) is 0.636. The van der Waals surface area contributed by atoms with Crippen LogP contribution in [0.15, 0.2) is 12.2 Å². The Morgan fingerprint density at radius 3 is 2.87 bits per heavy atom. The summed E-state index contributed by atoms with van der Waals surface area (Å²) in [4.78, 5) is 21.8. The molecule has 0 saturated carbocycles. The molecule has 0 radical (unpaired) electrons. The first kappa shape index (κ1) is 11.9. The van der Waals surface area contributed by atoms with Crippen molar-refractivity contribution in [1.29, 1.82) is 0 Å². The van der Waals surface area contributed by atoms with Crippen LogP contribution in [0.5, 0.6) is 0 Å². The summed E-state index contributed by atoms with van der Waals surface area (Å²) >= 11 is 0. The summed E-state index contributed by atoms with van der Waals surface area (Å²) in [6.07, 6.45) is 1.64. The zero-order valence-electron chi connectivity index (χ0n) is 8.95. The lowest BCUT2D eigenvalue weighted by Crippen LogP contribution is -2.09. The molecule has 0 aromatic heterocycles. The molecule has 4 nitrogen and oxygen atoms in total. The Morgan fingerprint density at radius 1 is 1.60 bits per heavy atom. The molecule has 0 aliphatic carbocycles. The van der Waals surface area contributed by atoms with Crippen molar-refractivity contribution in [3.8, 4) is 0 Å². The normalized spacial score (nSPS) is 20.5. The third-order valence-corrected chi connectivity index (χ3v) is 2.15. The molecule has 1 heterocycles. The highest BCUT2D eigenvalue weighted by molar-refractivity contribution is 5.94. The molecule has 0 bridgehead atoms. The Hall–Kier alpha value is -1.16. The molecule has 1 rings (SSSR count). The molecule has 4 heteroatoms. The van der Waals surface area contributed by atoms with Gasteiger partial charge in [-0.05, 0) is 19.8 Å². The van der Waals surface area contributed by atoms with Crippen LogP contribution in [0.3, 0.4) is 0 Å². The number of ether oxygens (including phenoxy) is 2. The van der Waals surface area contributed by atoms with Crippen molar-refractivity contribution in [2.24, 2.45) is 5.92 Å². The summed E-state index contributed by atoms with van der Waals surface area (Å²) in [5.41, 5.74) is 0.977. The summed E-state index contributed by atoms with van der Waals surface area (Å²) < 4.78 is 9.72. The van der Waals surface area contributed by atoms with Gasteiger partial charge in [0.15, 0.2) is 0 Å². The lowest BCUT2D eigenvalue weighted by molar-refractivity contribution is -0.153. The first-order valence-electron chi connectivity index (χ1n) is 5.06. The van der Waals surface area contributed by atoms with Crippen LogP contribution in [0.4, 0.5) is 0 Å². The van der Waals surface area contributed by atoms with Crippen LogP contribution in [0.2, 0.25) is 0 Å². The average Bonchev–Trinajstić information content (AvgIpc) is 2.44. The van der Waals surface area contributed by atoms with E-state index in [1.54, 1.807) is 0 Å². The molecule has 84 valence electrons.